The number of carbonyl (C=O) groups is 1. The smallest absolute Gasteiger partial charge is 0.269 e. The van der Waals surface area contributed by atoms with Gasteiger partial charge in [-0.15, -0.1) is 0 Å². The maximum atomic E-state index is 12.4. The molecule has 1 aliphatic heterocycles. The average molecular weight is 377 g/mol. The van der Waals surface area contributed by atoms with Gasteiger partial charge < -0.3 is 9.88 Å². The average Bonchev–Trinajstić information content (AvgIpc) is 3.28. The Morgan fingerprint density at radius 1 is 1.29 bits per heavy atom. The molecule has 2 aromatic carbocycles. The predicted octanol–water partition coefficient (Wildman–Crippen LogP) is 3.16. The van der Waals surface area contributed by atoms with Crippen molar-refractivity contribution < 1.29 is 9.72 Å². The number of nitro benzene ring substituents is 1. The molecule has 0 atom stereocenters. The van der Waals surface area contributed by atoms with Crippen molar-refractivity contribution in [3.05, 3.63) is 69.9 Å². The highest BCUT2D eigenvalue weighted by atomic mass is 16.6. The molecule has 1 aromatic heterocycles. The molecule has 142 valence electrons. The van der Waals surface area contributed by atoms with E-state index in [4.69, 9.17) is 0 Å². The number of nitrogens with one attached hydrogen (secondary N) is 2. The van der Waals surface area contributed by atoms with Crippen LogP contribution >= 0.6 is 0 Å². The summed E-state index contributed by atoms with van der Waals surface area (Å²) in [6.45, 7) is 1.00. The summed E-state index contributed by atoms with van der Waals surface area (Å²) in [5.74, 6) is 0.190. The Labute approximate surface area is 161 Å². The topological polar surface area (TPSA) is 104 Å². The molecule has 0 aliphatic carbocycles. The summed E-state index contributed by atoms with van der Waals surface area (Å²) in [7, 11) is 2.07. The normalized spacial score (nSPS) is 12.7. The Kier molecular flexibility index (Phi) is 4.52. The molecule has 0 bridgehead atoms. The van der Waals surface area contributed by atoms with Crippen LogP contribution < -0.4 is 10.2 Å². The number of H-pyrrole nitrogens is 1. The second-order valence-electron chi connectivity index (χ2n) is 6.81. The van der Waals surface area contributed by atoms with Gasteiger partial charge in [-0.05, 0) is 35.7 Å². The summed E-state index contributed by atoms with van der Waals surface area (Å²) in [6.07, 6.45) is 2.85. The maximum absolute atomic E-state index is 12.4. The van der Waals surface area contributed by atoms with E-state index in [9.17, 15) is 14.9 Å². The lowest BCUT2D eigenvalue weighted by molar-refractivity contribution is -0.384. The van der Waals surface area contributed by atoms with Crippen LogP contribution in [0.1, 0.15) is 11.1 Å². The molecule has 8 heteroatoms. The van der Waals surface area contributed by atoms with Crippen LogP contribution in [-0.4, -0.2) is 34.4 Å². The van der Waals surface area contributed by atoms with Gasteiger partial charge in [0.25, 0.3) is 5.69 Å². The number of fused-ring (bicyclic) bond motifs is 1. The van der Waals surface area contributed by atoms with Gasteiger partial charge in [0.1, 0.15) is 0 Å². The molecule has 28 heavy (non-hydrogen) atoms. The minimum absolute atomic E-state index is 0.0253. The molecule has 0 unspecified atom stereocenters. The van der Waals surface area contributed by atoms with Crippen molar-refractivity contribution in [2.24, 2.45) is 0 Å². The first-order valence-corrected chi connectivity index (χ1v) is 8.92. The fourth-order valence-electron chi connectivity index (χ4n) is 3.39. The third-order valence-corrected chi connectivity index (χ3v) is 4.86. The molecule has 0 radical (unpaired) electrons. The van der Waals surface area contributed by atoms with Crippen LogP contribution in [0.2, 0.25) is 0 Å². The molecule has 8 nitrogen and oxygen atoms in total. The standard InChI is InChI=1S/C20H19N5O3/c1-24-9-8-15-10-13(2-7-18(15)24)11-19(26)23-20-21-12-17(22-20)14-3-5-16(6-4-14)25(27)28/h2-7,10,12H,8-9,11H2,1H3,(H2,21,22,23,26). The first-order valence-electron chi connectivity index (χ1n) is 8.92. The van der Waals surface area contributed by atoms with Gasteiger partial charge in [-0.2, -0.15) is 0 Å². The van der Waals surface area contributed by atoms with E-state index in [0.717, 1.165) is 24.1 Å². The summed E-state index contributed by atoms with van der Waals surface area (Å²) >= 11 is 0. The number of non-ortho nitro benzene ring substituents is 1. The lowest BCUT2D eigenvalue weighted by Crippen LogP contribution is -2.15. The SMILES string of the molecule is CN1CCc2cc(CC(=O)Nc3ncc(-c4ccc([N+](=O)[O-])cc4)[nH]3)ccc21. The molecule has 4 rings (SSSR count). The Hall–Kier alpha value is -3.68. The molecule has 0 saturated heterocycles. The molecule has 0 fully saturated rings. The summed E-state index contributed by atoms with van der Waals surface area (Å²) in [4.78, 5) is 32.1. The van der Waals surface area contributed by atoms with Crippen molar-refractivity contribution in [1.82, 2.24) is 9.97 Å². The molecule has 1 aliphatic rings. The van der Waals surface area contributed by atoms with Crippen LogP contribution in [0, 0.1) is 10.1 Å². The zero-order chi connectivity index (χ0) is 19.7. The highest BCUT2D eigenvalue weighted by molar-refractivity contribution is 5.91. The molecular weight excluding hydrogens is 358 g/mol. The molecular formula is C20H19N5O3. The maximum Gasteiger partial charge on any atom is 0.269 e. The number of hydrogen-bond donors (Lipinski definition) is 2. The third-order valence-electron chi connectivity index (χ3n) is 4.86. The van der Waals surface area contributed by atoms with Crippen LogP contribution in [0.4, 0.5) is 17.3 Å². The number of aromatic amines is 1. The highest BCUT2D eigenvalue weighted by Gasteiger charge is 2.16. The van der Waals surface area contributed by atoms with Gasteiger partial charge in [0.2, 0.25) is 11.9 Å². The summed E-state index contributed by atoms with van der Waals surface area (Å²) < 4.78 is 0. The van der Waals surface area contributed by atoms with E-state index in [-0.39, 0.29) is 18.0 Å². The van der Waals surface area contributed by atoms with Crippen molar-refractivity contribution in [3.8, 4) is 11.3 Å². The molecule has 0 saturated carbocycles. The minimum atomic E-state index is -0.445. The number of imidazole rings is 1. The zero-order valence-corrected chi connectivity index (χ0v) is 15.3. The van der Waals surface area contributed by atoms with Crippen molar-refractivity contribution in [1.29, 1.82) is 0 Å². The lowest BCUT2D eigenvalue weighted by Gasteiger charge is -2.12. The first-order chi connectivity index (χ1) is 13.5. The second-order valence-corrected chi connectivity index (χ2v) is 6.81. The van der Waals surface area contributed by atoms with Gasteiger partial charge >= 0.3 is 0 Å². The largest absolute Gasteiger partial charge is 0.374 e. The number of amides is 1. The number of rotatable bonds is 5. The quantitative estimate of drug-likeness (QED) is 0.525. The molecule has 2 heterocycles. The fourth-order valence-corrected chi connectivity index (χ4v) is 3.39. The van der Waals surface area contributed by atoms with E-state index in [1.807, 2.05) is 6.07 Å². The van der Waals surface area contributed by atoms with E-state index in [1.54, 1.807) is 18.3 Å². The number of aromatic nitrogens is 2. The predicted molar refractivity (Wildman–Crippen MR) is 106 cm³/mol. The number of nitrogens with zero attached hydrogens (tertiary/aromatic N) is 3. The van der Waals surface area contributed by atoms with Gasteiger partial charge in [-0.3, -0.25) is 20.2 Å². The number of anilines is 2. The Morgan fingerprint density at radius 3 is 2.82 bits per heavy atom. The number of carbonyl (C=O) groups excluding carboxylic acids is 1. The van der Waals surface area contributed by atoms with Crippen LogP contribution in [0.3, 0.4) is 0 Å². The number of likely N-dealkylation sites (N-methyl/N-ethyl adjacent to an activating group) is 1. The van der Waals surface area contributed by atoms with E-state index in [1.165, 1.54) is 23.4 Å². The summed E-state index contributed by atoms with van der Waals surface area (Å²) in [5, 5.41) is 13.5. The van der Waals surface area contributed by atoms with Gasteiger partial charge in [0.15, 0.2) is 0 Å². The lowest BCUT2D eigenvalue weighted by atomic mass is 10.1. The number of hydrogen-bond acceptors (Lipinski definition) is 5. The van der Waals surface area contributed by atoms with Crippen LogP contribution in [0.5, 0.6) is 0 Å². The van der Waals surface area contributed by atoms with Crippen LogP contribution in [0.15, 0.2) is 48.7 Å². The molecule has 3 aromatic rings. The molecule has 2 N–H and O–H groups in total. The number of benzene rings is 2. The van der Waals surface area contributed by atoms with Gasteiger partial charge in [0.05, 0.1) is 23.2 Å². The summed E-state index contributed by atoms with van der Waals surface area (Å²) in [6, 6.07) is 12.3. The Balaban J connectivity index is 1.41. The molecule has 1 amide bonds. The molecule has 0 spiro atoms. The van der Waals surface area contributed by atoms with E-state index in [2.05, 4.69) is 39.4 Å². The monoisotopic (exact) mass is 377 g/mol. The second kappa shape index (κ2) is 7.15. The van der Waals surface area contributed by atoms with Crippen LogP contribution in [-0.2, 0) is 17.6 Å². The van der Waals surface area contributed by atoms with Gasteiger partial charge in [0, 0.05) is 37.0 Å². The zero-order valence-electron chi connectivity index (χ0n) is 15.3. The van der Waals surface area contributed by atoms with E-state index >= 15 is 0 Å². The van der Waals surface area contributed by atoms with Crippen molar-refractivity contribution in [2.75, 3.05) is 23.8 Å². The fraction of sp³-hybridized carbons (Fsp3) is 0.200. The first kappa shape index (κ1) is 17.7. The summed E-state index contributed by atoms with van der Waals surface area (Å²) in [5.41, 5.74) is 4.91. The van der Waals surface area contributed by atoms with Crippen molar-refractivity contribution >= 4 is 23.2 Å². The van der Waals surface area contributed by atoms with Crippen molar-refractivity contribution in [3.63, 3.8) is 0 Å². The van der Waals surface area contributed by atoms with Crippen LogP contribution in [0.25, 0.3) is 11.3 Å². The third kappa shape index (κ3) is 3.57. The Morgan fingerprint density at radius 2 is 2.07 bits per heavy atom. The van der Waals surface area contributed by atoms with Crippen molar-refractivity contribution in [2.45, 2.75) is 12.8 Å². The van der Waals surface area contributed by atoms with E-state index in [0.29, 0.717) is 11.6 Å². The van der Waals surface area contributed by atoms with Gasteiger partial charge in [-0.1, -0.05) is 12.1 Å². The number of nitro groups is 1. The minimum Gasteiger partial charge on any atom is -0.374 e. The highest BCUT2D eigenvalue weighted by Crippen LogP contribution is 2.27. The van der Waals surface area contributed by atoms with Gasteiger partial charge in [-0.25, -0.2) is 4.98 Å². The Bertz CT molecular complexity index is 1040. The van der Waals surface area contributed by atoms with E-state index < -0.39 is 4.92 Å².